The Morgan fingerprint density at radius 1 is 1.41 bits per heavy atom. The first kappa shape index (κ1) is 14.3. The molecule has 22 heavy (non-hydrogen) atoms. The number of fused-ring (bicyclic) bond motifs is 1. The van der Waals surface area contributed by atoms with Crippen LogP contribution in [0.1, 0.15) is 15.2 Å². The van der Waals surface area contributed by atoms with Gasteiger partial charge in [-0.25, -0.2) is 9.78 Å². The van der Waals surface area contributed by atoms with E-state index in [0.717, 1.165) is 4.88 Å². The molecule has 0 saturated carbocycles. The fourth-order valence-electron chi connectivity index (χ4n) is 2.01. The topological polar surface area (TPSA) is 81.4 Å². The van der Waals surface area contributed by atoms with E-state index in [1.807, 2.05) is 6.92 Å². The van der Waals surface area contributed by atoms with Crippen molar-refractivity contribution in [2.45, 2.75) is 6.92 Å². The second kappa shape index (κ2) is 5.61. The zero-order chi connectivity index (χ0) is 15.7. The van der Waals surface area contributed by atoms with Gasteiger partial charge in [0.15, 0.2) is 16.5 Å². The Bertz CT molecular complexity index is 913. The predicted molar refractivity (Wildman–Crippen MR) is 83.8 cm³/mol. The van der Waals surface area contributed by atoms with E-state index >= 15 is 0 Å². The minimum absolute atomic E-state index is 0.0754. The predicted octanol–water partition coefficient (Wildman–Crippen LogP) is 2.82. The number of hydrogen-bond donors (Lipinski definition) is 1. The van der Waals surface area contributed by atoms with Crippen LogP contribution in [0, 0.1) is 6.92 Å². The summed E-state index contributed by atoms with van der Waals surface area (Å²) in [5.74, 6) is -0.107. The lowest BCUT2D eigenvalue weighted by molar-refractivity contribution is 0.102. The SMILES string of the molecule is COc1cccc2cc(C(=O)Nc3ncc(C)s3)c(=O)oc12. The van der Waals surface area contributed by atoms with Crippen molar-refractivity contribution in [1.82, 2.24) is 4.98 Å². The van der Waals surface area contributed by atoms with Gasteiger partial charge < -0.3 is 9.15 Å². The van der Waals surface area contributed by atoms with E-state index in [9.17, 15) is 9.59 Å². The van der Waals surface area contributed by atoms with E-state index in [-0.39, 0.29) is 5.56 Å². The number of ether oxygens (including phenoxy) is 1. The fourth-order valence-corrected chi connectivity index (χ4v) is 2.67. The number of nitrogens with one attached hydrogen (secondary N) is 1. The Hall–Kier alpha value is -2.67. The number of carbonyl (C=O) groups excluding carboxylic acids is 1. The van der Waals surface area contributed by atoms with Crippen LogP contribution in [0.4, 0.5) is 5.13 Å². The number of rotatable bonds is 3. The number of nitrogens with zero attached hydrogens (tertiary/aromatic N) is 1. The molecule has 0 aliphatic carbocycles. The smallest absolute Gasteiger partial charge is 0.349 e. The maximum atomic E-state index is 12.2. The number of aryl methyl sites for hydroxylation is 1. The monoisotopic (exact) mass is 316 g/mol. The molecule has 0 fully saturated rings. The molecule has 1 N–H and O–H groups in total. The molecule has 0 aliphatic rings. The Balaban J connectivity index is 2.02. The second-order valence-electron chi connectivity index (χ2n) is 4.56. The Kier molecular flexibility index (Phi) is 3.64. The average Bonchev–Trinajstić information content (AvgIpc) is 2.91. The summed E-state index contributed by atoms with van der Waals surface area (Å²) in [6.45, 7) is 1.88. The molecule has 1 aromatic carbocycles. The van der Waals surface area contributed by atoms with Crippen LogP contribution in [0.3, 0.4) is 0 Å². The van der Waals surface area contributed by atoms with Crippen LogP contribution in [0.25, 0.3) is 11.0 Å². The van der Waals surface area contributed by atoms with Crippen molar-refractivity contribution in [3.63, 3.8) is 0 Å². The van der Waals surface area contributed by atoms with Gasteiger partial charge in [0, 0.05) is 16.5 Å². The molecule has 2 heterocycles. The molecule has 3 rings (SSSR count). The molecule has 1 amide bonds. The van der Waals surface area contributed by atoms with Crippen LogP contribution in [0.2, 0.25) is 0 Å². The van der Waals surface area contributed by atoms with Gasteiger partial charge in [-0.2, -0.15) is 0 Å². The van der Waals surface area contributed by atoms with Crippen LogP contribution in [0.5, 0.6) is 5.75 Å². The lowest BCUT2D eigenvalue weighted by Crippen LogP contribution is -2.20. The number of aromatic nitrogens is 1. The Morgan fingerprint density at radius 2 is 2.23 bits per heavy atom. The highest BCUT2D eigenvalue weighted by atomic mass is 32.1. The van der Waals surface area contributed by atoms with E-state index < -0.39 is 11.5 Å². The molecule has 7 heteroatoms. The molecule has 0 atom stereocenters. The van der Waals surface area contributed by atoms with Gasteiger partial charge in [0.1, 0.15) is 5.56 Å². The summed E-state index contributed by atoms with van der Waals surface area (Å²) in [6, 6.07) is 6.67. The normalized spacial score (nSPS) is 10.6. The number of methoxy groups -OCH3 is 1. The molecule has 2 aromatic heterocycles. The number of thiazole rings is 1. The van der Waals surface area contributed by atoms with Gasteiger partial charge in [0.2, 0.25) is 0 Å². The van der Waals surface area contributed by atoms with Gasteiger partial charge in [0.05, 0.1) is 7.11 Å². The highest BCUT2D eigenvalue weighted by Crippen LogP contribution is 2.25. The van der Waals surface area contributed by atoms with Gasteiger partial charge in [-0.1, -0.05) is 12.1 Å². The lowest BCUT2D eigenvalue weighted by atomic mass is 10.1. The molecule has 0 radical (unpaired) electrons. The van der Waals surface area contributed by atoms with Crippen molar-refractivity contribution >= 4 is 33.3 Å². The summed E-state index contributed by atoms with van der Waals surface area (Å²) < 4.78 is 10.4. The average molecular weight is 316 g/mol. The van der Waals surface area contributed by atoms with Crippen LogP contribution in [-0.4, -0.2) is 18.0 Å². The largest absolute Gasteiger partial charge is 0.493 e. The number of benzene rings is 1. The molecule has 0 bridgehead atoms. The van der Waals surface area contributed by atoms with E-state index in [4.69, 9.17) is 9.15 Å². The molecule has 3 aromatic rings. The summed E-state index contributed by atoms with van der Waals surface area (Å²) in [5, 5.41) is 3.64. The van der Waals surface area contributed by atoms with Crippen molar-refractivity contribution in [2.24, 2.45) is 0 Å². The molecule has 0 spiro atoms. The maximum Gasteiger partial charge on any atom is 0.349 e. The molecular weight excluding hydrogens is 304 g/mol. The zero-order valence-electron chi connectivity index (χ0n) is 11.9. The van der Waals surface area contributed by atoms with E-state index in [1.165, 1.54) is 24.5 Å². The quantitative estimate of drug-likeness (QED) is 0.751. The van der Waals surface area contributed by atoms with Gasteiger partial charge in [0.25, 0.3) is 5.91 Å². The van der Waals surface area contributed by atoms with Crippen molar-refractivity contribution < 1.29 is 13.9 Å². The van der Waals surface area contributed by atoms with Gasteiger partial charge in [-0.05, 0) is 19.1 Å². The zero-order valence-corrected chi connectivity index (χ0v) is 12.7. The third-order valence-electron chi connectivity index (χ3n) is 3.03. The van der Waals surface area contributed by atoms with Crippen LogP contribution in [0.15, 0.2) is 39.7 Å². The minimum Gasteiger partial charge on any atom is -0.493 e. The maximum absolute atomic E-state index is 12.2. The van der Waals surface area contributed by atoms with Crippen molar-refractivity contribution in [2.75, 3.05) is 12.4 Å². The number of para-hydroxylation sites is 1. The minimum atomic E-state index is -0.720. The summed E-state index contributed by atoms with van der Waals surface area (Å²) in [6.07, 6.45) is 1.65. The first-order chi connectivity index (χ1) is 10.6. The van der Waals surface area contributed by atoms with E-state index in [2.05, 4.69) is 10.3 Å². The van der Waals surface area contributed by atoms with Gasteiger partial charge in [-0.15, -0.1) is 11.3 Å². The summed E-state index contributed by atoms with van der Waals surface area (Å²) in [4.78, 5) is 29.2. The highest BCUT2D eigenvalue weighted by molar-refractivity contribution is 7.15. The molecular formula is C15H12N2O4S. The molecule has 0 unspecified atom stereocenters. The van der Waals surface area contributed by atoms with Crippen LogP contribution >= 0.6 is 11.3 Å². The van der Waals surface area contributed by atoms with Gasteiger partial charge in [-0.3, -0.25) is 10.1 Å². The molecule has 0 aliphatic heterocycles. The van der Waals surface area contributed by atoms with Crippen molar-refractivity contribution in [3.8, 4) is 5.75 Å². The third-order valence-corrected chi connectivity index (χ3v) is 3.86. The number of hydrogen-bond acceptors (Lipinski definition) is 6. The lowest BCUT2D eigenvalue weighted by Gasteiger charge is -2.05. The highest BCUT2D eigenvalue weighted by Gasteiger charge is 2.16. The fraction of sp³-hybridized carbons (Fsp3) is 0.133. The van der Waals surface area contributed by atoms with Crippen LogP contribution < -0.4 is 15.7 Å². The first-order valence-corrected chi connectivity index (χ1v) is 7.25. The Morgan fingerprint density at radius 3 is 2.91 bits per heavy atom. The standard InChI is InChI=1S/C15H12N2O4S/c1-8-7-16-15(22-8)17-13(18)10-6-9-4-3-5-11(20-2)12(9)21-14(10)19/h3-7H,1-2H3,(H,16,17,18). The first-order valence-electron chi connectivity index (χ1n) is 6.43. The van der Waals surface area contributed by atoms with Crippen molar-refractivity contribution in [1.29, 1.82) is 0 Å². The van der Waals surface area contributed by atoms with E-state index in [1.54, 1.807) is 24.4 Å². The number of amides is 1. The summed E-state index contributed by atoms with van der Waals surface area (Å²) in [7, 11) is 1.49. The van der Waals surface area contributed by atoms with E-state index in [0.29, 0.717) is 21.9 Å². The second-order valence-corrected chi connectivity index (χ2v) is 5.79. The molecule has 6 nitrogen and oxygen atoms in total. The number of anilines is 1. The molecule has 112 valence electrons. The Labute approximate surface area is 129 Å². The summed E-state index contributed by atoms with van der Waals surface area (Å²) in [5.41, 5.74) is -0.479. The summed E-state index contributed by atoms with van der Waals surface area (Å²) >= 11 is 1.33. The number of carbonyl (C=O) groups is 1. The van der Waals surface area contributed by atoms with Crippen molar-refractivity contribution in [3.05, 3.63) is 51.3 Å². The van der Waals surface area contributed by atoms with Crippen LogP contribution in [-0.2, 0) is 0 Å². The third kappa shape index (κ3) is 2.58. The molecule has 0 saturated heterocycles. The van der Waals surface area contributed by atoms with Gasteiger partial charge >= 0.3 is 5.63 Å².